The van der Waals surface area contributed by atoms with Gasteiger partial charge in [-0.2, -0.15) is 0 Å². The van der Waals surface area contributed by atoms with E-state index >= 15 is 0 Å². The van der Waals surface area contributed by atoms with Crippen LogP contribution < -0.4 is 5.32 Å². The number of thiophene rings is 1. The van der Waals surface area contributed by atoms with E-state index in [1.807, 2.05) is 24.3 Å². The Hall–Kier alpha value is -1.53. The lowest BCUT2D eigenvalue weighted by molar-refractivity contribution is -0.0461. The van der Waals surface area contributed by atoms with Crippen LogP contribution in [0.2, 0.25) is 0 Å². The molecular weight excluding hydrogens is 260 g/mol. The molecule has 0 atom stereocenters. The van der Waals surface area contributed by atoms with Crippen molar-refractivity contribution in [1.82, 2.24) is 5.32 Å². The summed E-state index contributed by atoms with van der Waals surface area (Å²) < 4.78 is 26.5. The van der Waals surface area contributed by atoms with Crippen LogP contribution in [-0.2, 0) is 0 Å². The van der Waals surface area contributed by atoms with Gasteiger partial charge in [0.15, 0.2) is 0 Å². The van der Waals surface area contributed by atoms with Crippen LogP contribution in [0.5, 0.6) is 0 Å². The summed E-state index contributed by atoms with van der Waals surface area (Å²) in [5.74, 6) is -3.84. The van der Waals surface area contributed by atoms with E-state index in [0.717, 1.165) is 10.1 Å². The zero-order chi connectivity index (χ0) is 13.2. The number of fused-ring (bicyclic) bond motifs is 1. The van der Waals surface area contributed by atoms with E-state index < -0.39 is 25.0 Å². The smallest absolute Gasteiger partial charge is 0.287 e. The summed E-state index contributed by atoms with van der Waals surface area (Å²) in [6.07, 6.45) is 0. The molecule has 0 aliphatic heterocycles. The highest BCUT2D eigenvalue weighted by molar-refractivity contribution is 7.20. The molecule has 2 aromatic rings. The minimum absolute atomic E-state index is 0.380. The zero-order valence-corrected chi connectivity index (χ0v) is 10.1. The molecular formula is C12H11F2NO2S. The molecule has 2 N–H and O–H groups in total. The summed E-state index contributed by atoms with van der Waals surface area (Å²) in [4.78, 5) is 12.0. The quantitative estimate of drug-likeness (QED) is 0.896. The summed E-state index contributed by atoms with van der Waals surface area (Å²) >= 11 is 1.24. The second-order valence-electron chi connectivity index (χ2n) is 3.85. The largest absolute Gasteiger partial charge is 0.390 e. The van der Waals surface area contributed by atoms with Gasteiger partial charge in [-0.1, -0.05) is 18.2 Å². The van der Waals surface area contributed by atoms with Crippen LogP contribution in [0.1, 0.15) is 9.67 Å². The molecule has 0 saturated heterocycles. The number of nitrogens with one attached hydrogen (secondary N) is 1. The van der Waals surface area contributed by atoms with Crippen molar-refractivity contribution >= 4 is 27.3 Å². The first kappa shape index (κ1) is 12.9. The number of carbonyl (C=O) groups excluding carboxylic acids is 1. The van der Waals surface area contributed by atoms with Crippen LogP contribution in [0.4, 0.5) is 8.78 Å². The van der Waals surface area contributed by atoms with Gasteiger partial charge in [-0.25, -0.2) is 8.78 Å². The van der Waals surface area contributed by atoms with Crippen molar-refractivity contribution < 1.29 is 18.7 Å². The fraction of sp³-hybridized carbons (Fsp3) is 0.250. The fourth-order valence-electron chi connectivity index (χ4n) is 1.45. The highest BCUT2D eigenvalue weighted by Gasteiger charge is 2.28. The minimum Gasteiger partial charge on any atom is -0.390 e. The summed E-state index contributed by atoms with van der Waals surface area (Å²) in [5.41, 5.74) is 0. The van der Waals surface area contributed by atoms with Crippen molar-refractivity contribution in [3.05, 3.63) is 35.2 Å². The first-order valence-electron chi connectivity index (χ1n) is 5.27. The molecule has 1 aromatic carbocycles. The van der Waals surface area contributed by atoms with Crippen LogP contribution in [0.25, 0.3) is 10.1 Å². The Morgan fingerprint density at radius 3 is 2.78 bits per heavy atom. The van der Waals surface area contributed by atoms with E-state index in [-0.39, 0.29) is 0 Å². The standard InChI is InChI=1S/C12H11F2NO2S/c13-12(14,7-16)6-15-11(17)10-5-8-3-1-2-4-9(8)18-10/h1-5,16H,6-7H2,(H,15,17). The van der Waals surface area contributed by atoms with E-state index in [2.05, 4.69) is 5.32 Å². The molecule has 0 spiro atoms. The lowest BCUT2D eigenvalue weighted by atomic mass is 10.2. The van der Waals surface area contributed by atoms with Gasteiger partial charge in [-0.3, -0.25) is 4.79 Å². The average Bonchev–Trinajstić information content (AvgIpc) is 2.80. The first-order valence-corrected chi connectivity index (χ1v) is 6.09. The van der Waals surface area contributed by atoms with Gasteiger partial charge in [0.1, 0.15) is 6.61 Å². The van der Waals surface area contributed by atoms with Crippen molar-refractivity contribution in [3.8, 4) is 0 Å². The van der Waals surface area contributed by atoms with Crippen LogP contribution in [0.15, 0.2) is 30.3 Å². The molecule has 18 heavy (non-hydrogen) atoms. The Labute approximate surface area is 106 Å². The van der Waals surface area contributed by atoms with Crippen LogP contribution in [0, 0.1) is 0 Å². The maximum atomic E-state index is 12.8. The molecule has 96 valence electrons. The lowest BCUT2D eigenvalue weighted by Crippen LogP contribution is -2.38. The highest BCUT2D eigenvalue weighted by atomic mass is 32.1. The molecule has 1 aromatic heterocycles. The third kappa shape index (κ3) is 2.83. The van der Waals surface area contributed by atoms with E-state index in [4.69, 9.17) is 5.11 Å². The topological polar surface area (TPSA) is 49.3 Å². The molecule has 0 saturated carbocycles. The highest BCUT2D eigenvalue weighted by Crippen LogP contribution is 2.25. The second-order valence-corrected chi connectivity index (χ2v) is 4.93. The number of hydrogen-bond acceptors (Lipinski definition) is 3. The Kier molecular flexibility index (Phi) is 3.58. The summed E-state index contributed by atoms with van der Waals surface area (Å²) in [7, 11) is 0. The van der Waals surface area contributed by atoms with Gasteiger partial charge in [0.05, 0.1) is 11.4 Å². The molecule has 0 bridgehead atoms. The van der Waals surface area contributed by atoms with Gasteiger partial charge in [-0.15, -0.1) is 11.3 Å². The Balaban J connectivity index is 2.09. The van der Waals surface area contributed by atoms with Gasteiger partial charge in [0.25, 0.3) is 11.8 Å². The van der Waals surface area contributed by atoms with Crippen molar-refractivity contribution in [1.29, 1.82) is 0 Å². The molecule has 1 heterocycles. The number of carbonyl (C=O) groups is 1. The number of halogens is 2. The summed E-state index contributed by atoms with van der Waals surface area (Å²) in [6, 6.07) is 9.06. The van der Waals surface area contributed by atoms with E-state index in [9.17, 15) is 13.6 Å². The zero-order valence-electron chi connectivity index (χ0n) is 9.32. The van der Waals surface area contributed by atoms with E-state index in [1.54, 1.807) is 6.07 Å². The number of aliphatic hydroxyl groups is 1. The molecule has 0 unspecified atom stereocenters. The monoisotopic (exact) mass is 271 g/mol. The van der Waals surface area contributed by atoms with Gasteiger partial charge >= 0.3 is 0 Å². The van der Waals surface area contributed by atoms with Crippen LogP contribution in [-0.4, -0.2) is 30.1 Å². The molecule has 6 heteroatoms. The van der Waals surface area contributed by atoms with Gasteiger partial charge < -0.3 is 10.4 Å². The first-order chi connectivity index (χ1) is 8.52. The molecule has 0 aliphatic carbocycles. The van der Waals surface area contributed by atoms with Crippen molar-refractivity contribution in [2.75, 3.05) is 13.2 Å². The Morgan fingerprint density at radius 1 is 1.39 bits per heavy atom. The predicted molar refractivity (Wildman–Crippen MR) is 66.2 cm³/mol. The maximum absolute atomic E-state index is 12.8. The SMILES string of the molecule is O=C(NCC(F)(F)CO)c1cc2ccccc2s1. The molecule has 0 aliphatic rings. The fourth-order valence-corrected chi connectivity index (χ4v) is 2.43. The molecule has 1 amide bonds. The van der Waals surface area contributed by atoms with Crippen LogP contribution >= 0.6 is 11.3 Å². The minimum atomic E-state index is -3.29. The third-order valence-electron chi connectivity index (χ3n) is 2.39. The molecule has 0 radical (unpaired) electrons. The molecule has 3 nitrogen and oxygen atoms in total. The average molecular weight is 271 g/mol. The summed E-state index contributed by atoms with van der Waals surface area (Å²) in [5, 5.41) is 11.4. The predicted octanol–water partition coefficient (Wildman–Crippen LogP) is 2.26. The number of rotatable bonds is 4. The number of aliphatic hydroxyl groups excluding tert-OH is 1. The van der Waals surface area contributed by atoms with Gasteiger partial charge in [0.2, 0.25) is 0 Å². The molecule has 0 fully saturated rings. The van der Waals surface area contributed by atoms with Gasteiger partial charge in [0, 0.05) is 4.70 Å². The maximum Gasteiger partial charge on any atom is 0.287 e. The van der Waals surface area contributed by atoms with Crippen molar-refractivity contribution in [3.63, 3.8) is 0 Å². The Morgan fingerprint density at radius 2 is 2.11 bits per heavy atom. The summed E-state index contributed by atoms with van der Waals surface area (Å²) in [6.45, 7) is -2.14. The number of hydrogen-bond donors (Lipinski definition) is 2. The lowest BCUT2D eigenvalue weighted by Gasteiger charge is -2.13. The van der Waals surface area contributed by atoms with E-state index in [1.165, 1.54) is 11.3 Å². The number of amides is 1. The van der Waals surface area contributed by atoms with Crippen molar-refractivity contribution in [2.45, 2.75) is 5.92 Å². The van der Waals surface area contributed by atoms with Gasteiger partial charge in [-0.05, 0) is 17.5 Å². The normalized spacial score (nSPS) is 11.7. The van der Waals surface area contributed by atoms with E-state index in [0.29, 0.717) is 4.88 Å². The third-order valence-corrected chi connectivity index (χ3v) is 3.50. The second kappa shape index (κ2) is 4.99. The number of benzene rings is 1. The molecule has 2 rings (SSSR count). The van der Waals surface area contributed by atoms with Crippen LogP contribution in [0.3, 0.4) is 0 Å². The Bertz CT molecular complexity index is 535. The van der Waals surface area contributed by atoms with Crippen molar-refractivity contribution in [2.24, 2.45) is 0 Å². The number of alkyl halides is 2.